The number of rotatable bonds is 8. The van der Waals surface area contributed by atoms with Crippen LogP contribution in [-0.4, -0.2) is 32.3 Å². The number of nitrogens with one attached hydrogen (secondary N) is 1. The third kappa shape index (κ3) is 6.10. The van der Waals surface area contributed by atoms with Gasteiger partial charge in [0, 0.05) is 18.8 Å². The largest absolute Gasteiger partial charge is 0.448 e. The van der Waals surface area contributed by atoms with Gasteiger partial charge >= 0.3 is 6.09 Å². The Bertz CT molecular complexity index is 428. The predicted molar refractivity (Wildman–Crippen MR) is 78.5 cm³/mol. The van der Waals surface area contributed by atoms with Crippen molar-refractivity contribution in [1.82, 2.24) is 5.32 Å². The van der Waals surface area contributed by atoms with Gasteiger partial charge in [-0.1, -0.05) is 25.1 Å². The number of carbonyl (C=O) groups excluding carboxylic acids is 1. The summed E-state index contributed by atoms with van der Waals surface area (Å²) in [6.07, 6.45) is 0.935. The normalized spacial score (nSPS) is 9.60. The third-order valence-electron chi connectivity index (χ3n) is 2.73. The minimum absolute atomic E-state index is 0.301. The molecule has 1 N–H and O–H groups in total. The Morgan fingerprint density at radius 1 is 1.35 bits per heavy atom. The fourth-order valence-corrected chi connectivity index (χ4v) is 1.72. The van der Waals surface area contributed by atoms with Crippen LogP contribution in [0, 0.1) is 11.3 Å². The van der Waals surface area contributed by atoms with Gasteiger partial charge in [0.25, 0.3) is 0 Å². The second kappa shape index (κ2) is 9.68. The Labute approximate surface area is 120 Å². The van der Waals surface area contributed by atoms with Crippen LogP contribution in [0.1, 0.15) is 19.8 Å². The van der Waals surface area contributed by atoms with Crippen molar-refractivity contribution in [3.63, 3.8) is 0 Å². The molecule has 0 unspecified atom stereocenters. The van der Waals surface area contributed by atoms with Crippen molar-refractivity contribution in [3.8, 4) is 6.07 Å². The first-order chi connectivity index (χ1) is 9.77. The quantitative estimate of drug-likeness (QED) is 0.791. The molecule has 0 heterocycles. The Kier molecular flexibility index (Phi) is 7.66. The van der Waals surface area contributed by atoms with Gasteiger partial charge in [-0.15, -0.1) is 0 Å². The first kappa shape index (κ1) is 15.8. The molecule has 1 amide bonds. The molecule has 0 saturated carbocycles. The summed E-state index contributed by atoms with van der Waals surface area (Å²) in [6, 6.07) is 11.9. The number of nitrogens with zero attached hydrogens (tertiary/aromatic N) is 2. The molecule has 0 aromatic heterocycles. The van der Waals surface area contributed by atoms with Crippen LogP contribution in [-0.2, 0) is 4.74 Å². The summed E-state index contributed by atoms with van der Waals surface area (Å²) < 4.78 is 5.10. The van der Waals surface area contributed by atoms with Crippen molar-refractivity contribution in [1.29, 1.82) is 5.26 Å². The van der Waals surface area contributed by atoms with Gasteiger partial charge in [0.05, 0.1) is 19.0 Å². The lowest BCUT2D eigenvalue weighted by Gasteiger charge is -2.23. The number of benzene rings is 1. The highest BCUT2D eigenvalue weighted by molar-refractivity contribution is 5.67. The molecular weight excluding hydrogens is 254 g/mol. The van der Waals surface area contributed by atoms with E-state index in [1.807, 2.05) is 42.2 Å². The van der Waals surface area contributed by atoms with E-state index in [0.717, 1.165) is 12.1 Å². The van der Waals surface area contributed by atoms with E-state index in [2.05, 4.69) is 11.4 Å². The third-order valence-corrected chi connectivity index (χ3v) is 2.73. The zero-order valence-electron chi connectivity index (χ0n) is 11.8. The number of nitriles is 1. The summed E-state index contributed by atoms with van der Waals surface area (Å²) in [4.78, 5) is 13.4. The van der Waals surface area contributed by atoms with Crippen LogP contribution < -0.4 is 10.2 Å². The maximum atomic E-state index is 11.3. The van der Waals surface area contributed by atoms with Gasteiger partial charge in [-0.3, -0.25) is 0 Å². The lowest BCUT2D eigenvalue weighted by atomic mass is 10.2. The number of hydrogen-bond donors (Lipinski definition) is 1. The van der Waals surface area contributed by atoms with E-state index >= 15 is 0 Å². The molecule has 108 valence electrons. The average molecular weight is 275 g/mol. The highest BCUT2D eigenvalue weighted by Gasteiger charge is 2.07. The minimum Gasteiger partial charge on any atom is -0.448 e. The Morgan fingerprint density at radius 2 is 2.10 bits per heavy atom. The first-order valence-electron chi connectivity index (χ1n) is 6.85. The summed E-state index contributed by atoms with van der Waals surface area (Å²) in [6.45, 7) is 4.11. The van der Waals surface area contributed by atoms with E-state index in [4.69, 9.17) is 10.00 Å². The predicted octanol–water partition coefficient (Wildman–Crippen LogP) is 2.54. The van der Waals surface area contributed by atoms with Crippen molar-refractivity contribution in [2.24, 2.45) is 0 Å². The molecule has 0 fully saturated rings. The monoisotopic (exact) mass is 275 g/mol. The number of alkyl carbamates (subject to hydrolysis) is 1. The summed E-state index contributed by atoms with van der Waals surface area (Å²) in [5, 5.41) is 11.4. The number of amides is 1. The molecular formula is C15H21N3O2. The van der Waals surface area contributed by atoms with E-state index in [1.165, 1.54) is 0 Å². The smallest absolute Gasteiger partial charge is 0.407 e. The maximum absolute atomic E-state index is 11.3. The van der Waals surface area contributed by atoms with E-state index < -0.39 is 0 Å². The van der Waals surface area contributed by atoms with Gasteiger partial charge in [0.2, 0.25) is 0 Å². The molecule has 0 spiro atoms. The highest BCUT2D eigenvalue weighted by atomic mass is 16.5. The summed E-state index contributed by atoms with van der Waals surface area (Å²) in [5.41, 5.74) is 1.03. The second-order valence-electron chi connectivity index (χ2n) is 4.29. The van der Waals surface area contributed by atoms with Crippen molar-refractivity contribution in [2.75, 3.05) is 31.1 Å². The molecule has 0 aliphatic carbocycles. The zero-order valence-corrected chi connectivity index (χ0v) is 11.8. The number of anilines is 1. The van der Waals surface area contributed by atoms with E-state index in [1.54, 1.807) is 0 Å². The van der Waals surface area contributed by atoms with Crippen LogP contribution in [0.3, 0.4) is 0 Å². The van der Waals surface area contributed by atoms with Gasteiger partial charge in [0.15, 0.2) is 0 Å². The molecule has 1 aromatic carbocycles. The van der Waals surface area contributed by atoms with E-state index in [9.17, 15) is 4.79 Å². The van der Waals surface area contributed by atoms with Crippen molar-refractivity contribution in [2.45, 2.75) is 19.8 Å². The summed E-state index contributed by atoms with van der Waals surface area (Å²) in [5.74, 6) is 0. The van der Waals surface area contributed by atoms with Crippen molar-refractivity contribution < 1.29 is 9.53 Å². The molecule has 0 saturated heterocycles. The zero-order chi connectivity index (χ0) is 14.6. The van der Waals surface area contributed by atoms with Gasteiger partial charge in [-0.05, 0) is 18.6 Å². The van der Waals surface area contributed by atoms with Gasteiger partial charge in [-0.2, -0.15) is 5.26 Å². The summed E-state index contributed by atoms with van der Waals surface area (Å²) >= 11 is 0. The second-order valence-corrected chi connectivity index (χ2v) is 4.29. The molecule has 0 aliphatic rings. The SMILES string of the molecule is CCCNC(=O)OCCN(CCC#N)c1ccccc1. The van der Waals surface area contributed by atoms with Crippen LogP contribution in [0.2, 0.25) is 0 Å². The van der Waals surface area contributed by atoms with Gasteiger partial charge in [-0.25, -0.2) is 4.79 Å². The van der Waals surface area contributed by atoms with Gasteiger partial charge < -0.3 is 15.0 Å². The van der Waals surface area contributed by atoms with Gasteiger partial charge in [0.1, 0.15) is 6.61 Å². The van der Waals surface area contributed by atoms with Crippen LogP contribution in [0.5, 0.6) is 0 Å². The lowest BCUT2D eigenvalue weighted by Crippen LogP contribution is -2.32. The topological polar surface area (TPSA) is 65.4 Å². The van der Waals surface area contributed by atoms with Crippen LogP contribution >= 0.6 is 0 Å². The molecule has 0 aliphatic heterocycles. The fourth-order valence-electron chi connectivity index (χ4n) is 1.72. The lowest BCUT2D eigenvalue weighted by molar-refractivity contribution is 0.149. The Hall–Kier alpha value is -2.22. The molecule has 0 radical (unpaired) electrons. The standard InChI is InChI=1S/C15H21N3O2/c1-2-10-17-15(19)20-13-12-18(11-6-9-16)14-7-4-3-5-8-14/h3-5,7-8H,2,6,10-13H2,1H3,(H,17,19). The molecule has 5 nitrogen and oxygen atoms in total. The summed E-state index contributed by atoms with van der Waals surface area (Å²) in [7, 11) is 0. The number of hydrogen-bond acceptors (Lipinski definition) is 4. The van der Waals surface area contributed by atoms with Crippen LogP contribution in [0.4, 0.5) is 10.5 Å². The number of para-hydroxylation sites is 1. The highest BCUT2D eigenvalue weighted by Crippen LogP contribution is 2.13. The van der Waals surface area contributed by atoms with E-state index in [-0.39, 0.29) is 6.09 Å². The number of carbonyl (C=O) groups is 1. The molecule has 20 heavy (non-hydrogen) atoms. The maximum Gasteiger partial charge on any atom is 0.407 e. The van der Waals surface area contributed by atoms with Crippen molar-refractivity contribution >= 4 is 11.8 Å². The van der Waals surface area contributed by atoms with Crippen molar-refractivity contribution in [3.05, 3.63) is 30.3 Å². The van der Waals surface area contributed by atoms with Crippen LogP contribution in [0.15, 0.2) is 30.3 Å². The molecule has 0 atom stereocenters. The molecule has 1 rings (SSSR count). The first-order valence-corrected chi connectivity index (χ1v) is 6.85. The van der Waals surface area contributed by atoms with E-state index in [0.29, 0.717) is 32.7 Å². The molecule has 0 bridgehead atoms. The molecule has 5 heteroatoms. The average Bonchev–Trinajstić information content (AvgIpc) is 2.49. The van der Waals surface area contributed by atoms with Crippen LogP contribution in [0.25, 0.3) is 0 Å². The Morgan fingerprint density at radius 3 is 2.75 bits per heavy atom. The number of ether oxygens (including phenoxy) is 1. The fraction of sp³-hybridized carbons (Fsp3) is 0.467. The minimum atomic E-state index is -0.389. The Balaban J connectivity index is 2.42. The molecule has 1 aromatic rings.